The molecule has 2 aromatic heterocycles. The molecular formula is C37H39FN6O4. The normalized spacial score (nSPS) is 16.7. The number of rotatable bonds is 9. The summed E-state index contributed by atoms with van der Waals surface area (Å²) in [6.45, 7) is 8.55. The van der Waals surface area contributed by atoms with E-state index in [0.717, 1.165) is 82.4 Å². The van der Waals surface area contributed by atoms with Crippen LogP contribution in [0, 0.1) is 5.82 Å². The Morgan fingerprint density at radius 1 is 0.833 bits per heavy atom. The molecule has 0 saturated carbocycles. The Morgan fingerprint density at radius 3 is 2.38 bits per heavy atom. The number of amides is 1. The molecule has 48 heavy (non-hydrogen) atoms. The van der Waals surface area contributed by atoms with Gasteiger partial charge in [-0.05, 0) is 74.9 Å². The van der Waals surface area contributed by atoms with Crippen molar-refractivity contribution in [3.63, 3.8) is 0 Å². The van der Waals surface area contributed by atoms with E-state index < -0.39 is 17.2 Å². The summed E-state index contributed by atoms with van der Waals surface area (Å²) in [5.41, 5.74) is 0.857. The van der Waals surface area contributed by atoms with E-state index in [4.69, 9.17) is 4.42 Å². The smallest absolute Gasteiger partial charge is 0.256 e. The molecule has 1 amide bonds. The summed E-state index contributed by atoms with van der Waals surface area (Å²) in [4.78, 5) is 47.9. The van der Waals surface area contributed by atoms with Crippen LogP contribution in [0.15, 0.2) is 62.7 Å². The number of fused-ring (bicyclic) bond motifs is 5. The highest BCUT2D eigenvalue weighted by Gasteiger charge is 2.24. The molecule has 8 rings (SSSR count). The van der Waals surface area contributed by atoms with Gasteiger partial charge in [0.05, 0.1) is 10.9 Å². The highest BCUT2D eigenvalue weighted by molar-refractivity contribution is 6.15. The van der Waals surface area contributed by atoms with Crippen LogP contribution in [-0.2, 0) is 0 Å². The summed E-state index contributed by atoms with van der Waals surface area (Å²) in [7, 11) is 2.12. The maximum atomic E-state index is 16.0. The van der Waals surface area contributed by atoms with Crippen molar-refractivity contribution in [2.75, 3.05) is 77.8 Å². The maximum absolute atomic E-state index is 16.0. The topological polar surface area (TPSA) is 103 Å². The molecule has 11 heteroatoms. The Balaban J connectivity index is 1.23. The van der Waals surface area contributed by atoms with Crippen LogP contribution in [0.3, 0.4) is 0 Å². The predicted molar refractivity (Wildman–Crippen MR) is 188 cm³/mol. The van der Waals surface area contributed by atoms with E-state index in [1.54, 1.807) is 16.5 Å². The number of likely N-dealkylation sites (N-methyl/N-ethyl adjacent to an activating group) is 1. The molecule has 2 aliphatic heterocycles. The first-order valence-electron chi connectivity index (χ1n) is 16.9. The number of hydrogen-bond donors (Lipinski definition) is 2. The largest absolute Gasteiger partial charge is 0.451 e. The van der Waals surface area contributed by atoms with Crippen LogP contribution < -0.4 is 21.5 Å². The van der Waals surface area contributed by atoms with Gasteiger partial charge in [-0.25, -0.2) is 4.39 Å². The highest BCUT2D eigenvalue weighted by Crippen LogP contribution is 2.36. The van der Waals surface area contributed by atoms with Gasteiger partial charge < -0.3 is 34.2 Å². The fourth-order valence-electron chi connectivity index (χ4n) is 7.48. The molecule has 4 heterocycles. The lowest BCUT2D eigenvalue weighted by molar-refractivity contribution is 0.0948. The number of aromatic nitrogens is 1. The van der Waals surface area contributed by atoms with E-state index in [1.807, 2.05) is 24.3 Å². The molecule has 0 atom stereocenters. The second kappa shape index (κ2) is 12.5. The number of hydrogen-bond acceptors (Lipinski definition) is 8. The number of benzene rings is 3. The highest BCUT2D eigenvalue weighted by atomic mass is 19.1. The molecule has 2 saturated heterocycles. The van der Waals surface area contributed by atoms with Crippen molar-refractivity contribution in [1.29, 1.82) is 0 Å². The van der Waals surface area contributed by atoms with Crippen LogP contribution in [0.1, 0.15) is 29.6 Å². The van der Waals surface area contributed by atoms with Gasteiger partial charge >= 0.3 is 0 Å². The first-order chi connectivity index (χ1) is 23.4. The minimum atomic E-state index is -0.639. The predicted octanol–water partition coefficient (Wildman–Crippen LogP) is 4.32. The average Bonchev–Trinajstić information content (AvgIpc) is 3.71. The van der Waals surface area contributed by atoms with Crippen LogP contribution >= 0.6 is 0 Å². The van der Waals surface area contributed by atoms with Gasteiger partial charge in [0.2, 0.25) is 5.43 Å². The molecule has 0 unspecified atom stereocenters. The van der Waals surface area contributed by atoms with Crippen molar-refractivity contribution >= 4 is 60.7 Å². The van der Waals surface area contributed by atoms with Crippen LogP contribution in [0.25, 0.3) is 49.1 Å². The molecule has 248 valence electrons. The maximum Gasteiger partial charge on any atom is 0.256 e. The third-order valence-electron chi connectivity index (χ3n) is 10.2. The number of carbonyl (C=O) groups excluding carboxylic acids is 1. The summed E-state index contributed by atoms with van der Waals surface area (Å²) >= 11 is 0. The number of halogens is 1. The van der Waals surface area contributed by atoms with E-state index in [-0.39, 0.29) is 27.6 Å². The summed E-state index contributed by atoms with van der Waals surface area (Å²) in [5.74, 6) is -1.14. The average molecular weight is 651 g/mol. The Labute approximate surface area is 276 Å². The summed E-state index contributed by atoms with van der Waals surface area (Å²) in [5, 5.41) is 8.86. The van der Waals surface area contributed by atoms with Gasteiger partial charge in [0.25, 0.3) is 5.91 Å². The molecule has 2 N–H and O–H groups in total. The number of nitrogens with zero attached hydrogens (tertiary/aromatic N) is 4. The standard InChI is InChI=1S/C37H39FN6O4/c1-41-15-17-43(18-16-41)13-6-9-40-37(47)28-22-44-30-20-25-23-7-2-3-8-24(23)34(45)26(25)21-31(30)48-36-32(39-10-14-42-11-4-5-12-42)29(38)19-27(33(36)44)35(28)46/h2-3,7-8,19-22,39H,4-6,9-18H2,1H3,(H,40,47). The Hall–Kier alpha value is -4.58. The molecule has 2 aliphatic rings. The van der Waals surface area contributed by atoms with Crippen LogP contribution in [-0.4, -0.2) is 97.5 Å². The lowest BCUT2D eigenvalue weighted by atomic mass is 10.1. The third-order valence-corrected chi connectivity index (χ3v) is 10.2. The van der Waals surface area contributed by atoms with Gasteiger partial charge in [0, 0.05) is 62.8 Å². The fraction of sp³-hybridized carbons (Fsp3) is 0.378. The number of carbonyl (C=O) groups is 1. The van der Waals surface area contributed by atoms with Crippen molar-refractivity contribution in [2.45, 2.75) is 19.3 Å². The second-order valence-electron chi connectivity index (χ2n) is 13.3. The third kappa shape index (κ3) is 5.35. The quantitative estimate of drug-likeness (QED) is 0.136. The first kappa shape index (κ1) is 30.7. The van der Waals surface area contributed by atoms with Gasteiger partial charge in [-0.15, -0.1) is 0 Å². The van der Waals surface area contributed by atoms with Crippen LogP contribution in [0.2, 0.25) is 0 Å². The molecule has 0 radical (unpaired) electrons. The number of piperazine rings is 1. The Bertz CT molecular complexity index is 2300. The first-order valence-corrected chi connectivity index (χ1v) is 16.9. The van der Waals surface area contributed by atoms with Gasteiger partial charge in [-0.2, -0.15) is 0 Å². The van der Waals surface area contributed by atoms with E-state index >= 15 is 4.39 Å². The van der Waals surface area contributed by atoms with E-state index in [1.165, 1.54) is 12.3 Å². The van der Waals surface area contributed by atoms with Gasteiger partial charge in [-0.3, -0.25) is 14.4 Å². The van der Waals surface area contributed by atoms with Gasteiger partial charge in [-0.1, -0.05) is 24.3 Å². The van der Waals surface area contributed by atoms with E-state index in [2.05, 4.69) is 32.4 Å². The summed E-state index contributed by atoms with van der Waals surface area (Å²) in [6.07, 6.45) is 4.59. The molecule has 0 spiro atoms. The zero-order valence-corrected chi connectivity index (χ0v) is 27.1. The van der Waals surface area contributed by atoms with E-state index in [9.17, 15) is 14.4 Å². The van der Waals surface area contributed by atoms with Crippen molar-refractivity contribution in [1.82, 2.24) is 24.4 Å². The molecule has 2 fully saturated rings. The lowest BCUT2D eigenvalue weighted by Crippen LogP contribution is -2.45. The second-order valence-corrected chi connectivity index (χ2v) is 13.3. The molecule has 0 aliphatic carbocycles. The molecule has 6 aromatic rings. The zero-order valence-electron chi connectivity index (χ0n) is 27.1. The Kier molecular flexibility index (Phi) is 7.98. The fourth-order valence-corrected chi connectivity index (χ4v) is 7.48. The zero-order chi connectivity index (χ0) is 32.9. The minimum Gasteiger partial charge on any atom is -0.451 e. The Morgan fingerprint density at radius 2 is 1.58 bits per heavy atom. The van der Waals surface area contributed by atoms with Gasteiger partial charge in [0.15, 0.2) is 22.4 Å². The SMILES string of the molecule is CN1CCN(CCCNC(=O)c2cn3c4cc5c(cc4oc4c(NCCN6CCCC6)c(F)cc(c2=O)c43)c(=O)c2ccccc25)CC1. The number of pyridine rings is 1. The van der Waals surface area contributed by atoms with Crippen LogP contribution in [0.4, 0.5) is 10.1 Å². The van der Waals surface area contributed by atoms with E-state index in [0.29, 0.717) is 40.5 Å². The summed E-state index contributed by atoms with van der Waals surface area (Å²) in [6, 6.07) is 12.2. The van der Waals surface area contributed by atoms with Gasteiger partial charge in [0.1, 0.15) is 16.8 Å². The van der Waals surface area contributed by atoms with Crippen LogP contribution in [0.5, 0.6) is 0 Å². The van der Waals surface area contributed by atoms with Crippen molar-refractivity contribution < 1.29 is 13.6 Å². The number of likely N-dealkylation sites (tertiary alicyclic amines) is 1. The molecular weight excluding hydrogens is 611 g/mol. The number of anilines is 1. The minimum absolute atomic E-state index is 0.0558. The summed E-state index contributed by atoms with van der Waals surface area (Å²) < 4.78 is 24.1. The molecule has 10 nitrogen and oxygen atoms in total. The van der Waals surface area contributed by atoms with Crippen molar-refractivity contribution in [3.05, 3.63) is 80.5 Å². The number of nitrogens with one attached hydrogen (secondary N) is 2. The van der Waals surface area contributed by atoms with Crippen molar-refractivity contribution in [3.8, 4) is 0 Å². The lowest BCUT2D eigenvalue weighted by Gasteiger charge is -2.32. The molecule has 0 bridgehead atoms. The molecule has 4 aromatic carbocycles. The monoisotopic (exact) mass is 650 g/mol. The van der Waals surface area contributed by atoms with Crippen molar-refractivity contribution in [2.24, 2.45) is 0 Å².